The molecule has 0 bridgehead atoms. The van der Waals surface area contributed by atoms with Gasteiger partial charge in [-0.1, -0.05) is 96.3 Å². The molecule has 2 atom stereocenters. The van der Waals surface area contributed by atoms with E-state index in [1.807, 2.05) is 0 Å². The van der Waals surface area contributed by atoms with Crippen LogP contribution in [0, 0.1) is 0 Å². The molecule has 0 N–H and O–H groups in total. The van der Waals surface area contributed by atoms with Gasteiger partial charge < -0.3 is 21.7 Å². The van der Waals surface area contributed by atoms with Crippen molar-refractivity contribution in [1.82, 2.24) is 0 Å². The monoisotopic (exact) mass is 450 g/mol. The Bertz CT molecular complexity index is 335. The molecule has 1 aliphatic heterocycles. The molecular weight excluding hydrogens is 407 g/mol. The Morgan fingerprint density at radius 3 is 1.14 bits per heavy atom. The van der Waals surface area contributed by atoms with Gasteiger partial charge in [-0.05, 0) is 25.7 Å². The Morgan fingerprint density at radius 2 is 0.786 bits per heavy atom. The molecule has 0 radical (unpaired) electrons. The topological polar surface area (TPSA) is 29.6 Å². The van der Waals surface area contributed by atoms with Crippen LogP contribution in [-0.4, -0.2) is 18.0 Å². The van der Waals surface area contributed by atoms with Crippen molar-refractivity contribution in [1.29, 1.82) is 0 Å². The van der Waals surface area contributed by atoms with Gasteiger partial charge in [-0.2, -0.15) is 0 Å². The van der Waals surface area contributed by atoms with Crippen LogP contribution in [0.1, 0.15) is 135 Å². The van der Waals surface area contributed by atoms with Crippen molar-refractivity contribution >= 4 is 5.78 Å². The number of ketones is 1. The third-order valence-corrected chi connectivity index (χ3v) is 6.33. The number of ether oxygens (including phenoxy) is 1. The molecule has 0 aromatic rings. The number of fused-ring (bicyclic) bond motifs is 1. The van der Waals surface area contributed by atoms with Crippen molar-refractivity contribution in [3.8, 4) is 0 Å². The molecule has 160 valence electrons. The maximum absolute atomic E-state index is 11.3. The van der Waals surface area contributed by atoms with Crippen LogP contribution in [0.2, 0.25) is 0 Å². The van der Waals surface area contributed by atoms with Crippen LogP contribution in [0.4, 0.5) is 0 Å². The predicted molar refractivity (Wildman–Crippen MR) is 111 cm³/mol. The van der Waals surface area contributed by atoms with Gasteiger partial charge in [0.2, 0.25) is 0 Å². The van der Waals surface area contributed by atoms with Gasteiger partial charge in [0.05, 0.1) is 12.2 Å². The molecule has 0 amide bonds. The van der Waals surface area contributed by atoms with Gasteiger partial charge in [0.15, 0.2) is 0 Å². The molecule has 0 spiro atoms. The Kier molecular flexibility index (Phi) is 20.2. The van der Waals surface area contributed by atoms with Gasteiger partial charge in [-0.3, -0.25) is 4.79 Å². The summed E-state index contributed by atoms with van der Waals surface area (Å²) in [5.41, 5.74) is 0. The quantitative estimate of drug-likeness (QED) is 0.413. The second-order valence-electron chi connectivity index (χ2n) is 8.84. The molecular formula is C24H44BrLiO2. The van der Waals surface area contributed by atoms with E-state index in [-0.39, 0.29) is 35.8 Å². The van der Waals surface area contributed by atoms with Crippen molar-refractivity contribution in [3.63, 3.8) is 0 Å². The van der Waals surface area contributed by atoms with Gasteiger partial charge >= 0.3 is 18.9 Å². The fourth-order valence-electron chi connectivity index (χ4n) is 4.45. The van der Waals surface area contributed by atoms with Gasteiger partial charge in [0, 0.05) is 12.8 Å². The average Bonchev–Trinajstić information content (AvgIpc) is 3.36. The normalized spacial score (nSPS) is 27.9. The predicted octanol–water partition coefficient (Wildman–Crippen LogP) is 1.54. The Balaban J connectivity index is 0.000000486. The van der Waals surface area contributed by atoms with Gasteiger partial charge in [0.1, 0.15) is 5.78 Å². The van der Waals surface area contributed by atoms with E-state index in [4.69, 9.17) is 4.74 Å². The van der Waals surface area contributed by atoms with E-state index in [0.717, 1.165) is 25.7 Å². The van der Waals surface area contributed by atoms with Gasteiger partial charge in [-0.15, -0.1) is 0 Å². The summed E-state index contributed by atoms with van der Waals surface area (Å²) >= 11 is 0. The molecule has 3 rings (SSSR count). The van der Waals surface area contributed by atoms with Crippen molar-refractivity contribution < 1.29 is 45.4 Å². The minimum absolute atomic E-state index is 0. The molecule has 2 unspecified atom stereocenters. The Morgan fingerprint density at radius 1 is 0.500 bits per heavy atom. The summed E-state index contributed by atoms with van der Waals surface area (Å²) in [5, 5.41) is 0. The van der Waals surface area contributed by atoms with E-state index >= 15 is 0 Å². The molecule has 3 fully saturated rings. The summed E-state index contributed by atoms with van der Waals surface area (Å²) < 4.78 is 5.63. The second-order valence-corrected chi connectivity index (χ2v) is 8.84. The second kappa shape index (κ2) is 19.7. The van der Waals surface area contributed by atoms with Crippen LogP contribution in [0.3, 0.4) is 0 Å². The summed E-state index contributed by atoms with van der Waals surface area (Å²) in [6.07, 6.45) is 28.9. The van der Waals surface area contributed by atoms with Crippen LogP contribution >= 0.6 is 0 Å². The number of hydrogen-bond acceptors (Lipinski definition) is 2. The summed E-state index contributed by atoms with van der Waals surface area (Å²) in [6.45, 7) is 0. The van der Waals surface area contributed by atoms with Crippen molar-refractivity contribution in [2.75, 3.05) is 0 Å². The first-order valence-corrected chi connectivity index (χ1v) is 12.0. The van der Waals surface area contributed by atoms with E-state index in [0.29, 0.717) is 18.0 Å². The molecule has 2 nitrogen and oxygen atoms in total. The zero-order chi connectivity index (χ0) is 18.3. The summed E-state index contributed by atoms with van der Waals surface area (Å²) in [7, 11) is 0. The minimum Gasteiger partial charge on any atom is -1.00 e. The number of Topliss-reactive ketones (excluding diaryl/α,β-unsaturated/α-hetero) is 1. The number of epoxide rings is 1. The van der Waals surface area contributed by atoms with Crippen LogP contribution in [0.5, 0.6) is 0 Å². The fourth-order valence-corrected chi connectivity index (χ4v) is 4.45. The fraction of sp³-hybridized carbons (Fsp3) is 0.958. The van der Waals surface area contributed by atoms with Crippen LogP contribution < -0.4 is 35.8 Å². The molecule has 3 aliphatic rings. The first-order chi connectivity index (χ1) is 12.9. The number of hydrogen-bond donors (Lipinski definition) is 0. The van der Waals surface area contributed by atoms with Crippen LogP contribution in [-0.2, 0) is 9.53 Å². The van der Waals surface area contributed by atoms with E-state index in [2.05, 4.69) is 0 Å². The largest absolute Gasteiger partial charge is 1.00 e. The number of rotatable bonds is 0. The summed E-state index contributed by atoms with van der Waals surface area (Å²) in [4.78, 5) is 11.3. The number of carbonyl (C=O) groups excluding carboxylic acids is 1. The van der Waals surface area contributed by atoms with Crippen molar-refractivity contribution in [2.24, 2.45) is 0 Å². The van der Waals surface area contributed by atoms with E-state index in [1.54, 1.807) is 0 Å². The maximum Gasteiger partial charge on any atom is 1.00 e. The molecule has 0 aromatic carbocycles. The Hall–Kier alpha value is 0.707. The third kappa shape index (κ3) is 15.5. The van der Waals surface area contributed by atoms with Crippen molar-refractivity contribution in [2.45, 2.75) is 147 Å². The standard InChI is InChI=1S/2C12H22O.BrH.Li/c1-2-4-6-8-10-12-11(13-12)9-7-5-3-1;13-12-10-8-6-4-2-1-3-5-7-9-11-12;;/h11-12H,1-10H2;1-11H2;1H;/q;;;+1/p-1. The maximum atomic E-state index is 11.3. The first kappa shape index (κ1) is 28.7. The SMILES string of the molecule is C1CCCCCC2OC2CCCC1.O=C1CCCCCCCCCCC1.[Br-].[Li+]. The van der Waals surface area contributed by atoms with Crippen LogP contribution in [0.15, 0.2) is 0 Å². The van der Waals surface area contributed by atoms with Gasteiger partial charge in [-0.25, -0.2) is 0 Å². The number of carbonyl (C=O) groups is 1. The average molecular weight is 451 g/mol. The van der Waals surface area contributed by atoms with E-state index in [9.17, 15) is 4.79 Å². The van der Waals surface area contributed by atoms with Gasteiger partial charge in [0.25, 0.3) is 0 Å². The minimum atomic E-state index is 0. The number of halogens is 1. The van der Waals surface area contributed by atoms with Crippen LogP contribution in [0.25, 0.3) is 0 Å². The zero-order valence-electron chi connectivity index (χ0n) is 18.7. The molecule has 0 aromatic heterocycles. The third-order valence-electron chi connectivity index (χ3n) is 6.33. The smallest absolute Gasteiger partial charge is 1.00 e. The molecule has 1 saturated heterocycles. The molecule has 2 saturated carbocycles. The van der Waals surface area contributed by atoms with Crippen molar-refractivity contribution in [3.05, 3.63) is 0 Å². The first-order valence-electron chi connectivity index (χ1n) is 12.0. The van der Waals surface area contributed by atoms with E-state index < -0.39 is 0 Å². The molecule has 4 heteroatoms. The summed E-state index contributed by atoms with van der Waals surface area (Å²) in [6, 6.07) is 0. The zero-order valence-corrected chi connectivity index (χ0v) is 20.3. The Labute approximate surface area is 197 Å². The molecule has 2 aliphatic carbocycles. The molecule has 28 heavy (non-hydrogen) atoms. The summed E-state index contributed by atoms with van der Waals surface area (Å²) in [5.74, 6) is 0.501. The molecule has 1 heterocycles. The van der Waals surface area contributed by atoms with E-state index in [1.165, 1.54) is 109 Å².